The minimum Gasteiger partial charge on any atom is -0.368 e. The molecule has 0 bridgehead atoms. The van der Waals surface area contributed by atoms with Crippen LogP contribution in [0.1, 0.15) is 0 Å². The summed E-state index contributed by atoms with van der Waals surface area (Å²) in [6.45, 7) is 1.84. The van der Waals surface area contributed by atoms with Crippen LogP contribution in [0.15, 0.2) is 30.3 Å². The summed E-state index contributed by atoms with van der Waals surface area (Å²) in [6.07, 6.45) is 0. The van der Waals surface area contributed by atoms with E-state index in [2.05, 4.69) is 10.4 Å². The van der Waals surface area contributed by atoms with Gasteiger partial charge in [0.05, 0.1) is 12.2 Å². The molecule has 0 saturated heterocycles. The molecule has 1 aromatic carbocycles. The second kappa shape index (κ2) is 3.08. The molecule has 0 unspecified atom stereocenters. The molecule has 15 heavy (non-hydrogen) atoms. The first-order chi connectivity index (χ1) is 7.33. The molecule has 1 aliphatic rings. The van der Waals surface area contributed by atoms with E-state index in [1.165, 1.54) is 12.1 Å². The molecule has 76 valence electrons. The highest BCUT2D eigenvalue weighted by molar-refractivity contribution is 5.63. The molecule has 2 heterocycles. The van der Waals surface area contributed by atoms with Crippen molar-refractivity contribution in [2.75, 3.05) is 11.9 Å². The molecule has 0 spiro atoms. The maximum Gasteiger partial charge on any atom is 0.125 e. The van der Waals surface area contributed by atoms with Gasteiger partial charge in [-0.05, 0) is 24.3 Å². The summed E-state index contributed by atoms with van der Waals surface area (Å²) >= 11 is 0. The van der Waals surface area contributed by atoms with Gasteiger partial charge in [-0.1, -0.05) is 0 Å². The van der Waals surface area contributed by atoms with Crippen LogP contribution < -0.4 is 5.32 Å². The Morgan fingerprint density at radius 3 is 2.80 bits per heavy atom. The molecule has 0 aliphatic carbocycles. The van der Waals surface area contributed by atoms with Crippen LogP contribution in [0.3, 0.4) is 0 Å². The zero-order valence-corrected chi connectivity index (χ0v) is 8.07. The third kappa shape index (κ3) is 1.38. The van der Waals surface area contributed by atoms with E-state index in [1.807, 2.05) is 10.7 Å². The van der Waals surface area contributed by atoms with Gasteiger partial charge in [0.15, 0.2) is 0 Å². The number of aromatic nitrogens is 2. The van der Waals surface area contributed by atoms with Crippen molar-refractivity contribution in [2.24, 2.45) is 0 Å². The standard InChI is InChI=1S/C11H10FN3/c12-9-3-1-8(2-4-9)10-7-11-13-5-6-15(11)14-10/h1-4,7,13H,5-6H2. The molecule has 0 radical (unpaired) electrons. The number of hydrogen-bond acceptors (Lipinski definition) is 2. The van der Waals surface area contributed by atoms with Gasteiger partial charge in [-0.3, -0.25) is 0 Å². The largest absolute Gasteiger partial charge is 0.368 e. The fourth-order valence-electron chi connectivity index (χ4n) is 1.78. The fraction of sp³-hybridized carbons (Fsp3) is 0.182. The Morgan fingerprint density at radius 1 is 1.27 bits per heavy atom. The molecule has 1 N–H and O–H groups in total. The zero-order valence-electron chi connectivity index (χ0n) is 8.07. The second-order valence-corrected chi connectivity index (χ2v) is 3.57. The Kier molecular flexibility index (Phi) is 1.74. The van der Waals surface area contributed by atoms with Crippen molar-refractivity contribution >= 4 is 5.82 Å². The molecular weight excluding hydrogens is 193 g/mol. The third-order valence-corrected chi connectivity index (χ3v) is 2.55. The zero-order chi connectivity index (χ0) is 10.3. The van der Waals surface area contributed by atoms with Crippen molar-refractivity contribution in [1.29, 1.82) is 0 Å². The number of nitrogens with one attached hydrogen (secondary N) is 1. The van der Waals surface area contributed by atoms with Gasteiger partial charge < -0.3 is 5.32 Å². The summed E-state index contributed by atoms with van der Waals surface area (Å²) in [4.78, 5) is 0. The summed E-state index contributed by atoms with van der Waals surface area (Å²) in [5.41, 5.74) is 1.83. The molecule has 3 rings (SSSR count). The lowest BCUT2D eigenvalue weighted by Gasteiger charge is -1.96. The van der Waals surface area contributed by atoms with Crippen LogP contribution in [0.2, 0.25) is 0 Å². The maximum absolute atomic E-state index is 12.7. The number of benzene rings is 1. The average molecular weight is 203 g/mol. The van der Waals surface area contributed by atoms with Gasteiger partial charge in [0.25, 0.3) is 0 Å². The van der Waals surface area contributed by atoms with Crippen molar-refractivity contribution in [2.45, 2.75) is 6.54 Å². The smallest absolute Gasteiger partial charge is 0.125 e. The molecule has 0 fully saturated rings. The average Bonchev–Trinajstić information content (AvgIpc) is 2.78. The predicted octanol–water partition coefficient (Wildman–Crippen LogP) is 2.11. The number of anilines is 1. The topological polar surface area (TPSA) is 29.9 Å². The molecular formula is C11H10FN3. The Labute approximate surface area is 86.5 Å². The molecule has 1 aromatic heterocycles. The van der Waals surface area contributed by atoms with Crippen molar-refractivity contribution in [1.82, 2.24) is 9.78 Å². The van der Waals surface area contributed by atoms with E-state index in [-0.39, 0.29) is 5.82 Å². The van der Waals surface area contributed by atoms with Gasteiger partial charge in [0, 0.05) is 18.2 Å². The van der Waals surface area contributed by atoms with Gasteiger partial charge in [0.1, 0.15) is 11.6 Å². The maximum atomic E-state index is 12.7. The van der Waals surface area contributed by atoms with E-state index in [0.717, 1.165) is 30.2 Å². The van der Waals surface area contributed by atoms with Gasteiger partial charge >= 0.3 is 0 Å². The van der Waals surface area contributed by atoms with Crippen LogP contribution in [0.5, 0.6) is 0 Å². The molecule has 3 nitrogen and oxygen atoms in total. The van der Waals surface area contributed by atoms with Crippen molar-refractivity contribution in [3.63, 3.8) is 0 Å². The van der Waals surface area contributed by atoms with Crippen LogP contribution in [0, 0.1) is 5.82 Å². The minimum atomic E-state index is -0.219. The van der Waals surface area contributed by atoms with E-state index < -0.39 is 0 Å². The third-order valence-electron chi connectivity index (χ3n) is 2.55. The van der Waals surface area contributed by atoms with Crippen LogP contribution in [-0.4, -0.2) is 16.3 Å². The molecule has 0 amide bonds. The second-order valence-electron chi connectivity index (χ2n) is 3.57. The quantitative estimate of drug-likeness (QED) is 0.769. The van der Waals surface area contributed by atoms with Crippen molar-refractivity contribution in [3.05, 3.63) is 36.1 Å². The van der Waals surface area contributed by atoms with E-state index in [9.17, 15) is 4.39 Å². The Hall–Kier alpha value is -1.84. The lowest BCUT2D eigenvalue weighted by atomic mass is 10.1. The van der Waals surface area contributed by atoms with E-state index in [0.29, 0.717) is 0 Å². The van der Waals surface area contributed by atoms with Crippen molar-refractivity contribution < 1.29 is 4.39 Å². The van der Waals surface area contributed by atoms with Crippen molar-refractivity contribution in [3.8, 4) is 11.3 Å². The summed E-state index contributed by atoms with van der Waals surface area (Å²) in [6, 6.07) is 8.38. The number of rotatable bonds is 1. The highest BCUT2D eigenvalue weighted by Crippen LogP contribution is 2.24. The number of fused-ring (bicyclic) bond motifs is 1. The van der Waals surface area contributed by atoms with E-state index in [4.69, 9.17) is 0 Å². The SMILES string of the molecule is Fc1ccc(-c2cc3n(n2)CCN3)cc1. The molecule has 0 atom stereocenters. The monoisotopic (exact) mass is 203 g/mol. The minimum absolute atomic E-state index is 0.219. The van der Waals surface area contributed by atoms with Gasteiger partial charge in [-0.15, -0.1) is 0 Å². The van der Waals surface area contributed by atoms with Gasteiger partial charge in [-0.25, -0.2) is 9.07 Å². The molecule has 4 heteroatoms. The van der Waals surface area contributed by atoms with Gasteiger partial charge in [0.2, 0.25) is 0 Å². The molecule has 2 aromatic rings. The Bertz CT molecular complexity index is 466. The van der Waals surface area contributed by atoms with E-state index >= 15 is 0 Å². The predicted molar refractivity (Wildman–Crippen MR) is 56.1 cm³/mol. The Morgan fingerprint density at radius 2 is 2.07 bits per heavy atom. The summed E-state index contributed by atoms with van der Waals surface area (Å²) < 4.78 is 14.7. The number of hydrogen-bond donors (Lipinski definition) is 1. The highest BCUT2D eigenvalue weighted by Gasteiger charge is 2.13. The Balaban J connectivity index is 2.02. The lowest BCUT2D eigenvalue weighted by Crippen LogP contribution is -1.96. The van der Waals surface area contributed by atoms with Crippen LogP contribution in [0.25, 0.3) is 11.3 Å². The number of halogens is 1. The van der Waals surface area contributed by atoms with Gasteiger partial charge in [-0.2, -0.15) is 5.10 Å². The fourth-order valence-corrected chi connectivity index (χ4v) is 1.78. The van der Waals surface area contributed by atoms with Crippen LogP contribution >= 0.6 is 0 Å². The first kappa shape index (κ1) is 8.47. The van der Waals surface area contributed by atoms with Crippen LogP contribution in [-0.2, 0) is 6.54 Å². The van der Waals surface area contributed by atoms with Crippen LogP contribution in [0.4, 0.5) is 10.2 Å². The summed E-state index contributed by atoms with van der Waals surface area (Å²) in [7, 11) is 0. The molecule has 1 aliphatic heterocycles. The molecule has 0 saturated carbocycles. The van der Waals surface area contributed by atoms with E-state index in [1.54, 1.807) is 12.1 Å². The number of nitrogens with zero attached hydrogens (tertiary/aromatic N) is 2. The summed E-state index contributed by atoms with van der Waals surface area (Å²) in [5, 5.41) is 7.65. The first-order valence-electron chi connectivity index (χ1n) is 4.90. The normalized spacial score (nSPS) is 13.7. The lowest BCUT2D eigenvalue weighted by molar-refractivity contribution is 0.628. The summed E-state index contributed by atoms with van der Waals surface area (Å²) in [5.74, 6) is 0.818. The highest BCUT2D eigenvalue weighted by atomic mass is 19.1. The first-order valence-corrected chi connectivity index (χ1v) is 4.90.